The summed E-state index contributed by atoms with van der Waals surface area (Å²) in [6, 6.07) is 0. The van der Waals surface area contributed by atoms with Gasteiger partial charge in [0.15, 0.2) is 0 Å². The monoisotopic (exact) mass is 199 g/mol. The van der Waals surface area contributed by atoms with Gasteiger partial charge in [0, 0.05) is 0 Å². The zero-order valence-electron chi connectivity index (χ0n) is 7.35. The second-order valence-electron chi connectivity index (χ2n) is 2.50. The Morgan fingerprint density at radius 1 is 1.62 bits per heavy atom. The number of nitrogens with zero attached hydrogens (tertiary/aromatic N) is 3. The van der Waals surface area contributed by atoms with Gasteiger partial charge in [-0.15, -0.1) is 10.2 Å². The second-order valence-corrected chi connectivity index (χ2v) is 3.46. The highest BCUT2D eigenvalue weighted by Crippen LogP contribution is 2.18. The minimum absolute atomic E-state index is 0.156. The van der Waals surface area contributed by atoms with E-state index in [1.807, 2.05) is 0 Å². The van der Waals surface area contributed by atoms with E-state index in [4.69, 9.17) is 4.74 Å². The van der Waals surface area contributed by atoms with Crippen LogP contribution in [0.25, 0.3) is 0 Å². The number of ether oxygens (including phenoxy) is 1. The molecule has 0 saturated heterocycles. The Kier molecular flexibility index (Phi) is 3.07. The van der Waals surface area contributed by atoms with E-state index in [0.717, 1.165) is 11.3 Å². The Bertz CT molecular complexity index is 321. The molecule has 0 bridgehead atoms. The van der Waals surface area contributed by atoms with E-state index in [2.05, 4.69) is 21.9 Å². The summed E-state index contributed by atoms with van der Waals surface area (Å²) < 4.78 is 4.90. The maximum absolute atomic E-state index is 11.2. The third-order valence-corrected chi connectivity index (χ3v) is 1.90. The minimum Gasteiger partial charge on any atom is -0.458 e. The van der Waals surface area contributed by atoms with Crippen molar-refractivity contribution in [2.24, 2.45) is 4.99 Å². The molecule has 0 unspecified atom stereocenters. The lowest BCUT2D eigenvalue weighted by molar-refractivity contribution is 0.0376. The summed E-state index contributed by atoms with van der Waals surface area (Å²) in [6.45, 7) is 6.81. The van der Waals surface area contributed by atoms with Crippen molar-refractivity contribution >= 4 is 29.2 Å². The Balaban J connectivity index is 2.71. The largest absolute Gasteiger partial charge is 0.458 e. The van der Waals surface area contributed by atoms with Crippen LogP contribution in [0.2, 0.25) is 0 Å². The van der Waals surface area contributed by atoms with Gasteiger partial charge in [-0.1, -0.05) is 11.3 Å². The highest BCUT2D eigenvalue weighted by molar-refractivity contribution is 7.16. The average Bonchev–Trinajstić information content (AvgIpc) is 2.50. The molecule has 0 amide bonds. The van der Waals surface area contributed by atoms with Crippen molar-refractivity contribution in [2.45, 2.75) is 20.0 Å². The SMILES string of the molecule is C=Nc1nnc(C(=O)OC(C)C)s1. The van der Waals surface area contributed by atoms with E-state index in [1.165, 1.54) is 0 Å². The molecule has 0 atom stereocenters. The first kappa shape index (κ1) is 9.79. The highest BCUT2D eigenvalue weighted by atomic mass is 32.1. The van der Waals surface area contributed by atoms with Crippen molar-refractivity contribution < 1.29 is 9.53 Å². The van der Waals surface area contributed by atoms with Crippen LogP contribution in [-0.2, 0) is 4.74 Å². The number of carbonyl (C=O) groups excluding carboxylic acids is 1. The topological polar surface area (TPSA) is 64.4 Å². The van der Waals surface area contributed by atoms with Crippen molar-refractivity contribution in [2.75, 3.05) is 0 Å². The predicted molar refractivity (Wildman–Crippen MR) is 49.7 cm³/mol. The smallest absolute Gasteiger partial charge is 0.369 e. The van der Waals surface area contributed by atoms with Crippen LogP contribution in [0.4, 0.5) is 5.13 Å². The fourth-order valence-corrected chi connectivity index (χ4v) is 1.16. The van der Waals surface area contributed by atoms with Crippen LogP contribution in [0.15, 0.2) is 4.99 Å². The van der Waals surface area contributed by atoms with Gasteiger partial charge in [-0.25, -0.2) is 9.79 Å². The van der Waals surface area contributed by atoms with Gasteiger partial charge in [0.1, 0.15) is 0 Å². The summed E-state index contributed by atoms with van der Waals surface area (Å²) in [6.07, 6.45) is -0.156. The van der Waals surface area contributed by atoms with Gasteiger partial charge >= 0.3 is 5.97 Å². The van der Waals surface area contributed by atoms with Gasteiger partial charge in [0.25, 0.3) is 0 Å². The summed E-state index contributed by atoms with van der Waals surface area (Å²) in [4.78, 5) is 14.7. The molecule has 6 heteroatoms. The van der Waals surface area contributed by atoms with Crippen LogP contribution in [0.3, 0.4) is 0 Å². The molecule has 0 aliphatic rings. The van der Waals surface area contributed by atoms with Crippen LogP contribution in [-0.4, -0.2) is 29.0 Å². The first-order chi connectivity index (χ1) is 6.13. The number of esters is 1. The van der Waals surface area contributed by atoms with Crippen molar-refractivity contribution in [1.82, 2.24) is 10.2 Å². The molecule has 70 valence electrons. The molecule has 1 heterocycles. The van der Waals surface area contributed by atoms with Crippen LogP contribution >= 0.6 is 11.3 Å². The molecule has 0 saturated carbocycles. The van der Waals surface area contributed by atoms with Gasteiger partial charge in [-0.3, -0.25) is 0 Å². The molecule has 1 aromatic heterocycles. The fourth-order valence-electron chi connectivity index (χ4n) is 0.626. The number of rotatable bonds is 3. The molecular formula is C7H9N3O2S. The predicted octanol–water partition coefficient (Wildman–Crippen LogP) is 1.44. The Labute approximate surface area is 79.5 Å². The van der Waals surface area contributed by atoms with Crippen LogP contribution in [0, 0.1) is 0 Å². The number of aliphatic imine (C=N–C) groups is 1. The van der Waals surface area contributed by atoms with Gasteiger partial charge in [-0.05, 0) is 20.6 Å². The van der Waals surface area contributed by atoms with Crippen molar-refractivity contribution in [3.63, 3.8) is 0 Å². The minimum atomic E-state index is -0.470. The zero-order valence-corrected chi connectivity index (χ0v) is 8.17. The first-order valence-electron chi connectivity index (χ1n) is 3.64. The van der Waals surface area contributed by atoms with Crippen molar-refractivity contribution in [3.8, 4) is 0 Å². The normalized spacial score (nSPS) is 10.1. The lowest BCUT2D eigenvalue weighted by Gasteiger charge is -2.03. The Morgan fingerprint density at radius 2 is 2.31 bits per heavy atom. The van der Waals surface area contributed by atoms with Crippen molar-refractivity contribution in [1.29, 1.82) is 0 Å². The van der Waals surface area contributed by atoms with E-state index in [1.54, 1.807) is 13.8 Å². The lowest BCUT2D eigenvalue weighted by atomic mass is 10.5. The van der Waals surface area contributed by atoms with Crippen LogP contribution < -0.4 is 0 Å². The molecule has 0 radical (unpaired) electrons. The number of hydrogen-bond donors (Lipinski definition) is 0. The van der Waals surface area contributed by atoms with Crippen molar-refractivity contribution in [3.05, 3.63) is 5.01 Å². The van der Waals surface area contributed by atoms with E-state index in [-0.39, 0.29) is 11.1 Å². The summed E-state index contributed by atoms with van der Waals surface area (Å²) >= 11 is 1.06. The molecule has 1 rings (SSSR count). The lowest BCUT2D eigenvalue weighted by Crippen LogP contribution is -2.11. The molecule has 13 heavy (non-hydrogen) atoms. The van der Waals surface area contributed by atoms with Crippen LogP contribution in [0.5, 0.6) is 0 Å². The van der Waals surface area contributed by atoms with Gasteiger partial charge in [-0.2, -0.15) is 0 Å². The summed E-state index contributed by atoms with van der Waals surface area (Å²) in [5.41, 5.74) is 0. The molecule has 0 aliphatic carbocycles. The fraction of sp³-hybridized carbons (Fsp3) is 0.429. The standard InChI is InChI=1S/C7H9N3O2S/c1-4(2)12-6(11)5-9-10-7(8-3)13-5/h4H,3H2,1-2H3. The molecule has 0 N–H and O–H groups in total. The first-order valence-corrected chi connectivity index (χ1v) is 4.46. The Hall–Kier alpha value is -1.30. The third kappa shape index (κ3) is 2.59. The molecule has 0 fully saturated rings. The maximum Gasteiger partial charge on any atom is 0.369 e. The second kappa shape index (κ2) is 4.08. The highest BCUT2D eigenvalue weighted by Gasteiger charge is 2.14. The molecule has 1 aromatic rings. The molecule has 0 spiro atoms. The number of carbonyl (C=O) groups is 1. The summed E-state index contributed by atoms with van der Waals surface area (Å²) in [5, 5.41) is 7.78. The average molecular weight is 199 g/mol. The van der Waals surface area contributed by atoms with E-state index in [0.29, 0.717) is 5.13 Å². The molecular weight excluding hydrogens is 190 g/mol. The molecule has 0 aromatic carbocycles. The van der Waals surface area contributed by atoms with E-state index >= 15 is 0 Å². The quantitative estimate of drug-likeness (QED) is 0.545. The van der Waals surface area contributed by atoms with Gasteiger partial charge in [0.05, 0.1) is 6.10 Å². The van der Waals surface area contributed by atoms with Crippen LogP contribution in [0.1, 0.15) is 23.6 Å². The van der Waals surface area contributed by atoms with Gasteiger partial charge in [0.2, 0.25) is 10.1 Å². The maximum atomic E-state index is 11.2. The summed E-state index contributed by atoms with van der Waals surface area (Å²) in [5.74, 6) is -0.470. The molecule has 0 aliphatic heterocycles. The number of hydrogen-bond acceptors (Lipinski definition) is 6. The number of aromatic nitrogens is 2. The summed E-state index contributed by atoms with van der Waals surface area (Å²) in [7, 11) is 0. The van der Waals surface area contributed by atoms with E-state index < -0.39 is 5.97 Å². The van der Waals surface area contributed by atoms with Gasteiger partial charge < -0.3 is 4.74 Å². The Morgan fingerprint density at radius 3 is 2.77 bits per heavy atom. The van der Waals surface area contributed by atoms with E-state index in [9.17, 15) is 4.79 Å². The zero-order chi connectivity index (χ0) is 9.84. The molecule has 5 nitrogen and oxygen atoms in total. The third-order valence-electron chi connectivity index (χ3n) is 1.07.